The van der Waals surface area contributed by atoms with E-state index >= 15 is 4.39 Å². The molecule has 6 amide bonds. The number of carbonyl (C=O) groups excluding carboxylic acids is 5. The summed E-state index contributed by atoms with van der Waals surface area (Å²) >= 11 is 6.42. The average Bonchev–Trinajstić information content (AvgIpc) is 4.03. The molecule has 4 aliphatic rings. The maximum absolute atomic E-state index is 16.6. The third-order valence-electron chi connectivity index (χ3n) is 13.3. The van der Waals surface area contributed by atoms with Crippen LogP contribution in [0, 0.1) is 11.7 Å². The van der Waals surface area contributed by atoms with E-state index < -0.39 is 11.8 Å². The van der Waals surface area contributed by atoms with E-state index in [0.29, 0.717) is 77.9 Å². The molecule has 3 aromatic carbocycles. The number of piperidine rings is 1. The Hall–Kier alpha value is -6.52. The number of aromatic nitrogens is 3. The first-order valence-corrected chi connectivity index (χ1v) is 23.1. The van der Waals surface area contributed by atoms with Crippen molar-refractivity contribution in [2.75, 3.05) is 89.3 Å². The number of nitrogens with zero attached hydrogens (tertiary/aromatic N) is 8. The van der Waals surface area contributed by atoms with Gasteiger partial charge in [-0.15, -0.1) is 0 Å². The minimum Gasteiger partial charge on any atom is -0.372 e. The molecule has 2 aromatic heterocycles. The average molecular weight is 917 g/mol. The van der Waals surface area contributed by atoms with Crippen LogP contribution in [0.15, 0.2) is 79.1 Å². The summed E-state index contributed by atoms with van der Waals surface area (Å²) < 4.78 is 18.4. The number of anilines is 2. The van der Waals surface area contributed by atoms with E-state index in [9.17, 15) is 24.0 Å². The Morgan fingerprint density at radius 3 is 2.38 bits per heavy atom. The molecule has 0 atom stereocenters. The fraction of sp³-hybridized carbons (Fsp3) is 0.388. The Bertz CT molecular complexity index is 2680. The number of imide groups is 1. The molecule has 0 aliphatic carbocycles. The van der Waals surface area contributed by atoms with Gasteiger partial charge in [-0.2, -0.15) is 5.10 Å². The molecule has 15 nitrogen and oxygen atoms in total. The normalized spacial score (nSPS) is 17.6. The Kier molecular flexibility index (Phi) is 13.0. The number of amides is 6. The largest absolute Gasteiger partial charge is 0.372 e. The van der Waals surface area contributed by atoms with Gasteiger partial charge in [0.2, 0.25) is 11.8 Å². The zero-order chi connectivity index (χ0) is 46.1. The van der Waals surface area contributed by atoms with Crippen molar-refractivity contribution in [1.29, 1.82) is 0 Å². The van der Waals surface area contributed by atoms with Crippen LogP contribution in [0.5, 0.6) is 0 Å². The van der Waals surface area contributed by atoms with Crippen LogP contribution in [0.3, 0.4) is 0 Å². The monoisotopic (exact) mass is 916 g/mol. The first kappa shape index (κ1) is 44.7. The van der Waals surface area contributed by atoms with Gasteiger partial charge in [0.1, 0.15) is 5.69 Å². The fourth-order valence-electron chi connectivity index (χ4n) is 9.60. The van der Waals surface area contributed by atoms with E-state index in [1.165, 1.54) is 9.80 Å². The molecule has 3 fully saturated rings. The molecule has 66 heavy (non-hydrogen) atoms. The minimum atomic E-state index is -0.546. The number of H-pyrrole nitrogens is 1. The van der Waals surface area contributed by atoms with Crippen LogP contribution in [0.1, 0.15) is 58.5 Å². The van der Waals surface area contributed by atoms with E-state index in [4.69, 9.17) is 11.6 Å². The maximum Gasteiger partial charge on any atom is 0.328 e. The summed E-state index contributed by atoms with van der Waals surface area (Å²) in [7, 11) is 3.34. The van der Waals surface area contributed by atoms with Crippen molar-refractivity contribution in [3.8, 4) is 11.1 Å². The summed E-state index contributed by atoms with van der Waals surface area (Å²) in [5.41, 5.74) is 5.38. The number of nitrogens with one attached hydrogen (secondary N) is 2. The topological polar surface area (TPSA) is 150 Å². The molecule has 4 aliphatic heterocycles. The quantitative estimate of drug-likeness (QED) is 0.156. The van der Waals surface area contributed by atoms with Gasteiger partial charge in [0.15, 0.2) is 5.82 Å². The summed E-state index contributed by atoms with van der Waals surface area (Å²) in [5.74, 6) is -0.630. The van der Waals surface area contributed by atoms with Gasteiger partial charge >= 0.3 is 6.03 Å². The van der Waals surface area contributed by atoms with Gasteiger partial charge in [0.05, 0.1) is 16.2 Å². The molecule has 0 spiro atoms. The van der Waals surface area contributed by atoms with Crippen molar-refractivity contribution < 1.29 is 28.4 Å². The summed E-state index contributed by atoms with van der Waals surface area (Å²) in [6, 6.07) is 18.2. The molecule has 0 saturated carbocycles. The Balaban J connectivity index is 0.827. The standard InChI is InChI=1S/C49H54ClFN10O5/c1-55(2)48(65)41-29-39-37(28-38(45(51)46(39)53-41)35-5-3-17-59(31-35)44(63)15-21-60-18-4-16-52-60)33-6-9-36(10-7-33)57-19-12-32(13-20-57)30-56-23-25-58(26-24-56)47(64)34-8-11-40(50)42(27-34)61-22-14-43(62)54-49(61)66/h4-11,16,18,27-29,32,53H,3,12-15,17,19-26,30-31H2,1-2H3,(H,54,62,66). The van der Waals surface area contributed by atoms with Crippen molar-refractivity contribution in [2.24, 2.45) is 5.92 Å². The number of rotatable bonds is 11. The highest BCUT2D eigenvalue weighted by molar-refractivity contribution is 6.34. The number of benzene rings is 3. The van der Waals surface area contributed by atoms with E-state index in [1.807, 2.05) is 29.3 Å². The third-order valence-corrected chi connectivity index (χ3v) is 13.6. The molecule has 344 valence electrons. The highest BCUT2D eigenvalue weighted by Gasteiger charge is 2.30. The van der Waals surface area contributed by atoms with Crippen LogP contribution in [0.2, 0.25) is 5.02 Å². The van der Waals surface area contributed by atoms with Gasteiger partial charge in [0, 0.05) is 134 Å². The van der Waals surface area contributed by atoms with Crippen LogP contribution in [0.25, 0.3) is 27.6 Å². The lowest BCUT2D eigenvalue weighted by molar-refractivity contribution is -0.131. The van der Waals surface area contributed by atoms with E-state index in [-0.39, 0.29) is 48.7 Å². The van der Waals surface area contributed by atoms with E-state index in [1.54, 1.807) is 54.1 Å². The SMILES string of the molecule is CN(C)C(=O)c1cc2c(-c3ccc(N4CCC(CN5CCN(C(=O)c6ccc(Cl)c(N7CCC(=O)NC7=O)c6)CC5)CC4)cc3)cc(C3=CCCN(C(=O)CCn4cccn4)C3)c(F)c2[nH]1. The number of halogens is 2. The highest BCUT2D eigenvalue weighted by atomic mass is 35.5. The molecule has 0 radical (unpaired) electrons. The van der Waals surface area contributed by atoms with Gasteiger partial charge in [-0.25, -0.2) is 9.18 Å². The first-order valence-electron chi connectivity index (χ1n) is 22.7. The Labute approximate surface area is 387 Å². The lowest BCUT2D eigenvalue weighted by Gasteiger charge is -2.39. The molecule has 5 aromatic rings. The lowest BCUT2D eigenvalue weighted by Crippen LogP contribution is -2.51. The third kappa shape index (κ3) is 9.43. The molecule has 3 saturated heterocycles. The van der Waals surface area contributed by atoms with Crippen LogP contribution < -0.4 is 15.1 Å². The molecule has 2 N–H and O–H groups in total. The first-order chi connectivity index (χ1) is 31.9. The van der Waals surface area contributed by atoms with Crippen LogP contribution in [0.4, 0.5) is 20.6 Å². The number of urea groups is 1. The second kappa shape index (κ2) is 19.1. The predicted octanol–water partition coefficient (Wildman–Crippen LogP) is 6.35. The van der Waals surface area contributed by atoms with Crippen molar-refractivity contribution in [3.05, 3.63) is 107 Å². The van der Waals surface area contributed by atoms with Gasteiger partial charge in [-0.05, 0) is 90.4 Å². The zero-order valence-corrected chi connectivity index (χ0v) is 38.0. The summed E-state index contributed by atoms with van der Waals surface area (Å²) in [5, 5.41) is 7.47. The number of carbonyl (C=O) groups is 5. The fourth-order valence-corrected chi connectivity index (χ4v) is 9.81. The highest BCUT2D eigenvalue weighted by Crippen LogP contribution is 2.38. The number of aromatic amines is 1. The second-order valence-electron chi connectivity index (χ2n) is 17.8. The summed E-state index contributed by atoms with van der Waals surface area (Å²) in [6.45, 7) is 7.05. The number of aryl methyl sites for hydroxylation is 1. The van der Waals surface area contributed by atoms with Gasteiger partial charge < -0.3 is 24.6 Å². The number of fused-ring (bicyclic) bond motifs is 1. The van der Waals surface area contributed by atoms with Crippen molar-refractivity contribution in [2.45, 2.75) is 38.6 Å². The Morgan fingerprint density at radius 1 is 0.894 bits per heavy atom. The summed E-state index contributed by atoms with van der Waals surface area (Å²) in [6.07, 6.45) is 8.67. The molecular weight excluding hydrogens is 863 g/mol. The van der Waals surface area contributed by atoms with Gasteiger partial charge in [0.25, 0.3) is 11.8 Å². The van der Waals surface area contributed by atoms with Crippen molar-refractivity contribution >= 4 is 69.1 Å². The van der Waals surface area contributed by atoms with E-state index in [2.05, 4.69) is 49.5 Å². The van der Waals surface area contributed by atoms with Crippen LogP contribution >= 0.6 is 11.6 Å². The molecule has 6 heterocycles. The van der Waals surface area contributed by atoms with E-state index in [0.717, 1.165) is 68.0 Å². The van der Waals surface area contributed by atoms with Crippen molar-refractivity contribution in [3.63, 3.8) is 0 Å². The number of hydrogen-bond acceptors (Lipinski definition) is 8. The van der Waals surface area contributed by atoms with Gasteiger partial charge in [-0.3, -0.25) is 39.0 Å². The zero-order valence-electron chi connectivity index (χ0n) is 37.3. The number of piperazine rings is 1. The molecule has 17 heteroatoms. The van der Waals surface area contributed by atoms with Crippen LogP contribution in [-0.4, -0.2) is 144 Å². The lowest BCUT2D eigenvalue weighted by atomic mass is 9.92. The molecule has 9 rings (SSSR count). The molecular formula is C49H54ClFN10O5. The predicted molar refractivity (Wildman–Crippen MR) is 252 cm³/mol. The van der Waals surface area contributed by atoms with Crippen LogP contribution in [-0.2, 0) is 16.1 Å². The number of hydrogen-bond donors (Lipinski definition) is 2. The van der Waals surface area contributed by atoms with Crippen molar-refractivity contribution in [1.82, 2.24) is 39.7 Å². The van der Waals surface area contributed by atoms with Gasteiger partial charge in [-0.1, -0.05) is 29.8 Å². The molecule has 0 bridgehead atoms. The minimum absolute atomic E-state index is 0.0116. The second-order valence-corrected chi connectivity index (χ2v) is 18.2. The smallest absolute Gasteiger partial charge is 0.328 e. The summed E-state index contributed by atoms with van der Waals surface area (Å²) in [4.78, 5) is 78.5. The maximum atomic E-state index is 16.6. The molecule has 0 unspecified atom stereocenters. The Morgan fingerprint density at radius 2 is 1.67 bits per heavy atom.